The number of amides is 1. The summed E-state index contributed by atoms with van der Waals surface area (Å²) in [5.41, 5.74) is 6.90. The van der Waals surface area contributed by atoms with Gasteiger partial charge in [0.25, 0.3) is 0 Å². The van der Waals surface area contributed by atoms with Crippen LogP contribution in [0.15, 0.2) is 16.6 Å². The molecule has 0 spiro atoms. The lowest BCUT2D eigenvalue weighted by molar-refractivity contribution is -0.128. The Hall–Kier alpha value is -0.980. The summed E-state index contributed by atoms with van der Waals surface area (Å²) < 4.78 is 12.1. The topological polar surface area (TPSA) is 73.6 Å². The molecule has 1 aromatic rings. The lowest BCUT2D eigenvalue weighted by atomic mass is 9.74. The van der Waals surface area contributed by atoms with Crippen molar-refractivity contribution in [2.75, 3.05) is 13.2 Å². The summed E-state index contributed by atoms with van der Waals surface area (Å²) in [5.74, 6) is 1.36. The normalized spacial score (nSPS) is 26.3. The first-order chi connectivity index (χ1) is 11.4. The summed E-state index contributed by atoms with van der Waals surface area (Å²) in [5, 5.41) is 3.12. The Balaban J connectivity index is 0.00000225. The van der Waals surface area contributed by atoms with Gasteiger partial charge < -0.3 is 20.5 Å². The van der Waals surface area contributed by atoms with E-state index in [9.17, 15) is 4.79 Å². The molecule has 3 atom stereocenters. The highest BCUT2D eigenvalue weighted by Crippen LogP contribution is 2.38. The van der Waals surface area contributed by atoms with Crippen LogP contribution in [-0.4, -0.2) is 24.7 Å². The van der Waals surface area contributed by atoms with E-state index in [1.54, 1.807) is 0 Å². The molecule has 1 saturated carbocycles. The van der Waals surface area contributed by atoms with Gasteiger partial charge in [-0.25, -0.2) is 0 Å². The molecule has 3 N–H and O–H groups in total. The minimum Gasteiger partial charge on any atom is -0.486 e. The summed E-state index contributed by atoms with van der Waals surface area (Å²) in [6.07, 6.45) is 3.91. The van der Waals surface area contributed by atoms with Gasteiger partial charge in [0.2, 0.25) is 5.91 Å². The molecule has 140 valence electrons. The second-order valence-electron chi connectivity index (χ2n) is 7.05. The smallest absolute Gasteiger partial charge is 0.225 e. The van der Waals surface area contributed by atoms with Crippen molar-refractivity contribution in [1.29, 1.82) is 0 Å². The van der Waals surface area contributed by atoms with Crippen molar-refractivity contribution in [2.45, 2.75) is 51.1 Å². The Bertz CT molecular complexity index is 639. The number of benzene rings is 1. The predicted octanol–water partition coefficient (Wildman–Crippen LogP) is 3.73. The Morgan fingerprint density at radius 3 is 2.60 bits per heavy atom. The van der Waals surface area contributed by atoms with Gasteiger partial charge in [0.1, 0.15) is 13.2 Å². The van der Waals surface area contributed by atoms with Crippen molar-refractivity contribution in [3.05, 3.63) is 22.2 Å². The van der Waals surface area contributed by atoms with E-state index < -0.39 is 5.54 Å². The molecular weight excluding hydrogens is 408 g/mol. The first-order valence-corrected chi connectivity index (χ1v) is 9.36. The molecule has 0 radical (unpaired) electrons. The van der Waals surface area contributed by atoms with E-state index in [0.29, 0.717) is 13.2 Å². The van der Waals surface area contributed by atoms with Crippen LogP contribution in [0, 0.1) is 5.92 Å². The molecule has 7 heteroatoms. The van der Waals surface area contributed by atoms with Gasteiger partial charge >= 0.3 is 0 Å². The Morgan fingerprint density at radius 1 is 1.32 bits per heavy atom. The number of hydrogen-bond donors (Lipinski definition) is 2. The molecule has 3 rings (SSSR count). The number of fused-ring (bicyclic) bond motifs is 1. The molecule has 0 bridgehead atoms. The van der Waals surface area contributed by atoms with Crippen molar-refractivity contribution in [3.8, 4) is 11.5 Å². The molecule has 1 heterocycles. The van der Waals surface area contributed by atoms with E-state index in [1.165, 1.54) is 0 Å². The summed E-state index contributed by atoms with van der Waals surface area (Å²) in [7, 11) is 0. The van der Waals surface area contributed by atoms with Crippen molar-refractivity contribution in [3.63, 3.8) is 0 Å². The van der Waals surface area contributed by atoms with Crippen LogP contribution in [0.2, 0.25) is 0 Å². The van der Waals surface area contributed by atoms with Crippen molar-refractivity contribution >= 4 is 34.2 Å². The third-order valence-corrected chi connectivity index (χ3v) is 5.74. The average Bonchev–Trinajstić information content (AvgIpc) is 2.53. The molecule has 1 aliphatic heterocycles. The number of nitrogens with one attached hydrogen (secondary N) is 1. The monoisotopic (exact) mass is 432 g/mol. The fourth-order valence-corrected chi connectivity index (χ4v) is 4.26. The Morgan fingerprint density at radius 2 is 1.96 bits per heavy atom. The molecule has 1 aliphatic carbocycles. The van der Waals surface area contributed by atoms with Crippen LogP contribution in [0.1, 0.15) is 51.1 Å². The molecule has 5 nitrogen and oxygen atoms in total. The molecule has 1 amide bonds. The summed E-state index contributed by atoms with van der Waals surface area (Å²) in [6.45, 7) is 5.07. The molecule has 1 fully saturated rings. The largest absolute Gasteiger partial charge is 0.486 e. The van der Waals surface area contributed by atoms with Crippen LogP contribution in [-0.2, 0) is 4.79 Å². The first-order valence-electron chi connectivity index (χ1n) is 8.57. The summed E-state index contributed by atoms with van der Waals surface area (Å²) >= 11 is 3.57. The van der Waals surface area contributed by atoms with Crippen LogP contribution >= 0.6 is 28.3 Å². The summed E-state index contributed by atoms with van der Waals surface area (Å²) in [6, 6.07) is 3.70. The molecule has 1 aromatic carbocycles. The standard InChI is InChI=1S/C18H25BrN2O3.ClH/c1-11(21-17(22)13-5-3-4-6-18(13,2)20)12-9-15-16(10-14(12)19)24-8-7-23-15;/h9-11,13H,3-8,20H2,1-2H3,(H,21,22);1H. The average molecular weight is 434 g/mol. The quantitative estimate of drug-likeness (QED) is 0.762. The van der Waals surface area contributed by atoms with E-state index in [-0.39, 0.29) is 30.3 Å². The summed E-state index contributed by atoms with van der Waals surface area (Å²) in [4.78, 5) is 12.7. The highest BCUT2D eigenvalue weighted by Gasteiger charge is 2.38. The van der Waals surface area contributed by atoms with Gasteiger partial charge in [-0.1, -0.05) is 28.8 Å². The van der Waals surface area contributed by atoms with E-state index in [2.05, 4.69) is 21.2 Å². The van der Waals surface area contributed by atoms with Gasteiger partial charge in [0.15, 0.2) is 11.5 Å². The Kier molecular flexibility index (Phi) is 6.62. The van der Waals surface area contributed by atoms with Gasteiger partial charge in [0, 0.05) is 10.0 Å². The van der Waals surface area contributed by atoms with Crippen LogP contribution in [0.5, 0.6) is 11.5 Å². The third-order valence-electron chi connectivity index (χ3n) is 5.06. The first kappa shape index (κ1) is 20.3. The fraction of sp³-hybridized carbons (Fsp3) is 0.611. The Labute approximate surface area is 163 Å². The molecule has 2 aliphatic rings. The highest BCUT2D eigenvalue weighted by atomic mass is 79.9. The van der Waals surface area contributed by atoms with Crippen LogP contribution in [0.3, 0.4) is 0 Å². The van der Waals surface area contributed by atoms with E-state index in [4.69, 9.17) is 15.2 Å². The van der Waals surface area contributed by atoms with E-state index in [0.717, 1.165) is 47.2 Å². The van der Waals surface area contributed by atoms with Gasteiger partial charge in [-0.15, -0.1) is 12.4 Å². The zero-order chi connectivity index (χ0) is 17.3. The SMILES string of the molecule is CC(NC(=O)C1CCCCC1(C)N)c1cc2c(cc1Br)OCCO2.Cl. The molecule has 0 aromatic heterocycles. The number of carbonyl (C=O) groups is 1. The predicted molar refractivity (Wildman–Crippen MR) is 103 cm³/mol. The maximum Gasteiger partial charge on any atom is 0.225 e. The number of nitrogens with two attached hydrogens (primary N) is 1. The second-order valence-corrected chi connectivity index (χ2v) is 7.91. The number of rotatable bonds is 3. The lowest BCUT2D eigenvalue weighted by Crippen LogP contribution is -2.53. The number of hydrogen-bond acceptors (Lipinski definition) is 4. The molecule has 0 saturated heterocycles. The molecule has 3 unspecified atom stereocenters. The van der Waals surface area contributed by atoms with Crippen LogP contribution < -0.4 is 20.5 Å². The zero-order valence-electron chi connectivity index (χ0n) is 14.6. The molecular formula is C18H26BrClN2O3. The van der Waals surface area contributed by atoms with Crippen molar-refractivity contribution in [1.82, 2.24) is 5.32 Å². The van der Waals surface area contributed by atoms with Gasteiger partial charge in [-0.3, -0.25) is 4.79 Å². The van der Waals surface area contributed by atoms with Crippen molar-refractivity contribution in [2.24, 2.45) is 11.7 Å². The third kappa shape index (κ3) is 4.41. The van der Waals surface area contributed by atoms with Gasteiger partial charge in [-0.05, 0) is 44.4 Å². The maximum absolute atomic E-state index is 12.7. The van der Waals surface area contributed by atoms with Crippen LogP contribution in [0.25, 0.3) is 0 Å². The zero-order valence-corrected chi connectivity index (χ0v) is 17.0. The maximum atomic E-state index is 12.7. The minimum absolute atomic E-state index is 0. The minimum atomic E-state index is -0.425. The number of carbonyl (C=O) groups excluding carboxylic acids is 1. The highest BCUT2D eigenvalue weighted by molar-refractivity contribution is 9.10. The van der Waals surface area contributed by atoms with Crippen molar-refractivity contribution < 1.29 is 14.3 Å². The molecule has 25 heavy (non-hydrogen) atoms. The number of halogens is 2. The van der Waals surface area contributed by atoms with Gasteiger partial charge in [-0.2, -0.15) is 0 Å². The second kappa shape index (κ2) is 8.14. The van der Waals surface area contributed by atoms with Gasteiger partial charge in [0.05, 0.1) is 12.0 Å². The lowest BCUT2D eigenvalue weighted by Gasteiger charge is -2.37. The van der Waals surface area contributed by atoms with Crippen LogP contribution in [0.4, 0.5) is 0 Å². The van der Waals surface area contributed by atoms with E-state index >= 15 is 0 Å². The fourth-order valence-electron chi connectivity index (χ4n) is 3.59. The number of ether oxygens (including phenoxy) is 2. The van der Waals surface area contributed by atoms with E-state index in [1.807, 2.05) is 26.0 Å².